The molecule has 3 unspecified atom stereocenters. The lowest BCUT2D eigenvalue weighted by Crippen LogP contribution is -2.67. The van der Waals surface area contributed by atoms with E-state index in [0.29, 0.717) is 41.5 Å². The number of nitrogens with one attached hydrogen (secondary N) is 2. The fraction of sp³-hybridized carbons (Fsp3) is 0.488. The highest BCUT2D eigenvalue weighted by Crippen LogP contribution is 2.71. The number of hydrogen-bond donors (Lipinski definition) is 4. The monoisotopic (exact) mass is 793 g/mol. The Balaban J connectivity index is 1.19. The van der Waals surface area contributed by atoms with Gasteiger partial charge in [0.25, 0.3) is 0 Å². The molecule has 8 aliphatic rings. The molecule has 8 atom stereocenters. The van der Waals surface area contributed by atoms with E-state index in [9.17, 15) is 9.90 Å². The number of para-hydroxylation sites is 1. The molecule has 1 aromatic heterocycles. The fourth-order valence-corrected chi connectivity index (χ4v) is 14.0. The summed E-state index contributed by atoms with van der Waals surface area (Å²) in [5, 5.41) is 16.6. The number of carbonyl (C=O) groups excluding carboxylic acids is 2. The first-order valence-electron chi connectivity index (χ1n) is 19.8. The quantitative estimate of drug-likeness (QED) is 0.162. The summed E-state index contributed by atoms with van der Waals surface area (Å²) < 4.78 is 31.3. The van der Waals surface area contributed by atoms with Crippen LogP contribution in [0.1, 0.15) is 89.2 Å². The molecule has 13 nitrogen and oxygen atoms in total. The SMILES string of the molecule is COc1c(C)cc2c(c1O)[C@H]1C3[C@@H]4SC[C@]5(N[C@@H](CN)Cc6c5[nH]c5ccccc65)C(=O)OC[C@@H](c5c6c(c(C)c(OC(C)=O)c54)OCO6)N3C3(C)CN1C2(C)C3. The number of piperazine rings is 1. The van der Waals surface area contributed by atoms with Gasteiger partial charge in [0.05, 0.1) is 30.1 Å². The standard InChI is InChI=1S/C43H47N5O8S/c1-19-11-25-28(33(50)34(19)52-6)31-32-38-30-29(37-36(54-18-55-37)20(2)35(30)56-21(3)49)27(48(32)41(4)15-42(25,5)47(31)16-41)14-53-40(51)43(17-57-38)39-24(12-22(13-44)46-43)23-9-7-8-10-26(23)45-39/h7-11,22,27,31-32,38,45-46,50H,12-18,44H2,1-6H3/t22-,27+,31+,32?,38-,41?,42?,43-/m1/s1. The highest BCUT2D eigenvalue weighted by molar-refractivity contribution is 7.99. The van der Waals surface area contributed by atoms with E-state index in [1.807, 2.05) is 32.0 Å². The van der Waals surface area contributed by atoms with Crippen LogP contribution in [0.25, 0.3) is 10.9 Å². The number of aromatic amines is 1. The maximum atomic E-state index is 15.1. The Morgan fingerprint density at radius 1 is 1.11 bits per heavy atom. The van der Waals surface area contributed by atoms with E-state index in [1.54, 1.807) is 18.9 Å². The molecular formula is C43H47N5O8S. The summed E-state index contributed by atoms with van der Waals surface area (Å²) in [6, 6.07) is 9.05. The molecule has 4 bridgehead atoms. The summed E-state index contributed by atoms with van der Waals surface area (Å²) in [5.74, 6) is 1.64. The van der Waals surface area contributed by atoms with Gasteiger partial charge in [0.1, 0.15) is 12.4 Å². The molecule has 12 rings (SSSR count). The second kappa shape index (κ2) is 11.8. The van der Waals surface area contributed by atoms with Gasteiger partial charge in [-0.3, -0.25) is 19.9 Å². The van der Waals surface area contributed by atoms with E-state index in [4.69, 9.17) is 29.4 Å². The number of esters is 2. The van der Waals surface area contributed by atoms with Gasteiger partial charge in [0.15, 0.2) is 28.5 Å². The maximum Gasteiger partial charge on any atom is 0.333 e. The zero-order valence-electron chi connectivity index (χ0n) is 32.9. The minimum absolute atomic E-state index is 0.000537. The van der Waals surface area contributed by atoms with Crippen LogP contribution in [0.5, 0.6) is 28.7 Å². The summed E-state index contributed by atoms with van der Waals surface area (Å²) in [5.41, 5.74) is 12.3. The van der Waals surface area contributed by atoms with Gasteiger partial charge in [0, 0.05) is 82.1 Å². The van der Waals surface area contributed by atoms with Crippen LogP contribution >= 0.6 is 11.8 Å². The van der Waals surface area contributed by atoms with Gasteiger partial charge in [-0.05, 0) is 69.4 Å². The number of aryl methyl sites for hydroxylation is 1. The van der Waals surface area contributed by atoms with Crippen LogP contribution in [-0.2, 0) is 31.8 Å². The molecule has 14 heteroatoms. The molecule has 0 aliphatic carbocycles. The third-order valence-corrected chi connectivity index (χ3v) is 15.7. The van der Waals surface area contributed by atoms with Crippen molar-refractivity contribution in [1.82, 2.24) is 20.1 Å². The zero-order chi connectivity index (χ0) is 39.5. The molecule has 4 aromatic rings. The van der Waals surface area contributed by atoms with Gasteiger partial charge < -0.3 is 39.5 Å². The smallest absolute Gasteiger partial charge is 0.333 e. The van der Waals surface area contributed by atoms with Crippen LogP contribution in [0.4, 0.5) is 0 Å². The lowest BCUT2D eigenvalue weighted by molar-refractivity contribution is -0.158. The Kier molecular flexibility index (Phi) is 7.39. The predicted molar refractivity (Wildman–Crippen MR) is 212 cm³/mol. The number of aromatic nitrogens is 1. The number of nitrogens with zero attached hydrogens (tertiary/aromatic N) is 2. The van der Waals surface area contributed by atoms with Gasteiger partial charge in [-0.2, -0.15) is 0 Å². The number of aromatic hydroxyl groups is 1. The summed E-state index contributed by atoms with van der Waals surface area (Å²) in [6.45, 7) is 11.0. The van der Waals surface area contributed by atoms with Crippen LogP contribution in [0.15, 0.2) is 30.3 Å². The Morgan fingerprint density at radius 3 is 2.67 bits per heavy atom. The number of benzene rings is 3. The van der Waals surface area contributed by atoms with Crippen molar-refractivity contribution in [2.45, 2.75) is 93.5 Å². The number of phenolic OH excluding ortho intramolecular Hbond substituents is 1. The Morgan fingerprint density at radius 2 is 1.89 bits per heavy atom. The molecule has 9 heterocycles. The number of rotatable bonds is 3. The van der Waals surface area contributed by atoms with Gasteiger partial charge >= 0.3 is 11.9 Å². The van der Waals surface area contributed by atoms with E-state index in [1.165, 1.54) is 6.92 Å². The number of nitrogens with two attached hydrogens (primary N) is 1. The maximum absolute atomic E-state index is 15.1. The first kappa shape index (κ1) is 35.7. The molecule has 0 radical (unpaired) electrons. The summed E-state index contributed by atoms with van der Waals surface area (Å²) in [4.78, 5) is 37.0. The molecule has 57 heavy (non-hydrogen) atoms. The molecule has 1 spiro atoms. The molecule has 5 N–H and O–H groups in total. The Hall–Kier alpha value is -4.47. The number of thioether (sulfide) groups is 1. The van der Waals surface area contributed by atoms with Crippen LogP contribution in [0, 0.1) is 13.8 Å². The molecule has 0 amide bonds. The summed E-state index contributed by atoms with van der Waals surface area (Å²) in [6.07, 6.45) is 1.43. The average molecular weight is 794 g/mol. The molecular weight excluding hydrogens is 747 g/mol. The zero-order valence-corrected chi connectivity index (χ0v) is 33.7. The van der Waals surface area contributed by atoms with Crippen LogP contribution in [-0.4, -0.2) is 88.8 Å². The van der Waals surface area contributed by atoms with Crippen molar-refractivity contribution in [1.29, 1.82) is 0 Å². The average Bonchev–Trinajstić information content (AvgIpc) is 3.93. The molecule has 3 fully saturated rings. The third-order valence-electron chi connectivity index (χ3n) is 14.2. The van der Waals surface area contributed by atoms with E-state index >= 15 is 4.79 Å². The largest absolute Gasteiger partial charge is 0.504 e. The fourth-order valence-electron chi connectivity index (χ4n) is 12.3. The van der Waals surface area contributed by atoms with Crippen LogP contribution < -0.4 is 30.0 Å². The second-order valence-corrected chi connectivity index (χ2v) is 18.6. The Labute approximate surface area is 334 Å². The highest BCUT2D eigenvalue weighted by Gasteiger charge is 2.71. The molecule has 3 aromatic carbocycles. The number of H-pyrrole nitrogens is 1. The van der Waals surface area contributed by atoms with Gasteiger partial charge in [-0.15, -0.1) is 11.8 Å². The number of fused-ring (bicyclic) bond motifs is 11. The van der Waals surface area contributed by atoms with Crippen molar-refractivity contribution >= 4 is 34.6 Å². The molecule has 3 saturated heterocycles. The lowest BCUT2D eigenvalue weighted by atomic mass is 9.72. The molecule has 0 saturated carbocycles. The summed E-state index contributed by atoms with van der Waals surface area (Å²) in [7, 11) is 1.60. The number of phenols is 1. The highest BCUT2D eigenvalue weighted by atomic mass is 32.2. The van der Waals surface area contributed by atoms with Gasteiger partial charge in [0.2, 0.25) is 6.79 Å². The van der Waals surface area contributed by atoms with E-state index in [2.05, 4.69) is 46.1 Å². The van der Waals surface area contributed by atoms with Crippen molar-refractivity contribution in [3.63, 3.8) is 0 Å². The van der Waals surface area contributed by atoms with Crippen molar-refractivity contribution < 1.29 is 38.4 Å². The van der Waals surface area contributed by atoms with Crippen molar-refractivity contribution in [2.75, 3.05) is 39.4 Å². The topological polar surface area (TPSA) is 161 Å². The second-order valence-electron chi connectivity index (χ2n) is 17.5. The third kappa shape index (κ3) is 4.40. The van der Waals surface area contributed by atoms with Crippen LogP contribution in [0.3, 0.4) is 0 Å². The number of hydrogen-bond acceptors (Lipinski definition) is 13. The van der Waals surface area contributed by atoms with E-state index < -0.39 is 33.9 Å². The van der Waals surface area contributed by atoms with Crippen molar-refractivity contribution in [2.24, 2.45) is 5.73 Å². The van der Waals surface area contributed by atoms with Crippen molar-refractivity contribution in [3.8, 4) is 28.7 Å². The van der Waals surface area contributed by atoms with Gasteiger partial charge in [-0.1, -0.05) is 18.2 Å². The van der Waals surface area contributed by atoms with Gasteiger partial charge in [-0.25, -0.2) is 4.79 Å². The lowest BCUT2D eigenvalue weighted by Gasteiger charge is -2.60. The van der Waals surface area contributed by atoms with E-state index in [-0.39, 0.29) is 49.0 Å². The Bertz CT molecular complexity index is 2470. The van der Waals surface area contributed by atoms with E-state index in [0.717, 1.165) is 62.9 Å². The molecule has 298 valence electrons. The number of methoxy groups -OCH3 is 1. The number of carbonyl (C=O) groups is 2. The first-order chi connectivity index (χ1) is 27.3. The first-order valence-corrected chi connectivity index (χ1v) is 20.9. The minimum Gasteiger partial charge on any atom is -0.504 e. The van der Waals surface area contributed by atoms with Crippen LogP contribution in [0.2, 0.25) is 0 Å². The van der Waals surface area contributed by atoms with Crippen molar-refractivity contribution in [3.05, 3.63) is 75.0 Å². The minimum atomic E-state index is -1.28. The molecule has 8 aliphatic heterocycles. The summed E-state index contributed by atoms with van der Waals surface area (Å²) >= 11 is 1.64. The predicted octanol–water partition coefficient (Wildman–Crippen LogP) is 5.03. The normalized spacial score (nSPS) is 33.2. The number of ether oxygens (including phenoxy) is 5.